The lowest BCUT2D eigenvalue weighted by Gasteiger charge is -2.10. The van der Waals surface area contributed by atoms with Crippen molar-refractivity contribution in [1.29, 1.82) is 0 Å². The second-order valence-electron chi connectivity index (χ2n) is 6.96. The minimum absolute atomic E-state index is 0.185. The fourth-order valence-electron chi connectivity index (χ4n) is 3.14. The molecule has 0 unspecified atom stereocenters. The number of ether oxygens (including phenoxy) is 1. The largest absolute Gasteiger partial charge is 0.496 e. The summed E-state index contributed by atoms with van der Waals surface area (Å²) in [6, 6.07) is 14.2. The lowest BCUT2D eigenvalue weighted by atomic mass is 10.1. The molecule has 1 N–H and O–H groups in total. The normalized spacial score (nSPS) is 10.7. The van der Waals surface area contributed by atoms with Crippen LogP contribution in [0.4, 0.5) is 0 Å². The number of para-hydroxylation sites is 1. The summed E-state index contributed by atoms with van der Waals surface area (Å²) in [7, 11) is 1.57. The third-order valence-electron chi connectivity index (χ3n) is 4.79. The number of rotatable bonds is 7. The highest BCUT2D eigenvalue weighted by Gasteiger charge is 2.13. The quantitative estimate of drug-likeness (QED) is 0.468. The first-order valence-corrected chi connectivity index (χ1v) is 10.7. The van der Waals surface area contributed by atoms with Gasteiger partial charge >= 0.3 is 0 Å². The van der Waals surface area contributed by atoms with E-state index in [4.69, 9.17) is 4.74 Å². The van der Waals surface area contributed by atoms with E-state index in [0.29, 0.717) is 18.0 Å². The highest BCUT2D eigenvalue weighted by Crippen LogP contribution is 2.28. The molecule has 1 aromatic carbocycles. The van der Waals surface area contributed by atoms with Crippen LogP contribution in [0.3, 0.4) is 0 Å². The van der Waals surface area contributed by atoms with Gasteiger partial charge in [-0.05, 0) is 37.3 Å². The molecule has 4 rings (SSSR count). The second kappa shape index (κ2) is 9.52. The molecule has 0 aliphatic heterocycles. The van der Waals surface area contributed by atoms with Gasteiger partial charge < -0.3 is 10.1 Å². The molecule has 32 heavy (non-hydrogen) atoms. The van der Waals surface area contributed by atoms with E-state index in [0.717, 1.165) is 31.4 Å². The van der Waals surface area contributed by atoms with Gasteiger partial charge in [0.25, 0.3) is 5.56 Å². The number of amides is 1. The molecular formula is C23H21N5O3S. The number of carbonyl (C=O) groups excluding carboxylic acids is 1. The molecule has 8 nitrogen and oxygen atoms in total. The van der Waals surface area contributed by atoms with Gasteiger partial charge in [0.05, 0.1) is 25.0 Å². The van der Waals surface area contributed by atoms with Gasteiger partial charge in [0, 0.05) is 34.5 Å². The molecule has 0 atom stereocenters. The summed E-state index contributed by atoms with van der Waals surface area (Å²) in [5.41, 5.74) is 2.72. The fraction of sp³-hybridized carbons (Fsp3) is 0.174. The van der Waals surface area contributed by atoms with Gasteiger partial charge in [0.15, 0.2) is 0 Å². The molecule has 0 saturated heterocycles. The van der Waals surface area contributed by atoms with Gasteiger partial charge in [-0.1, -0.05) is 12.1 Å². The number of aryl methyl sites for hydroxylation is 1. The molecule has 0 spiro atoms. The van der Waals surface area contributed by atoms with Crippen LogP contribution in [0.5, 0.6) is 5.75 Å². The Hall–Kier alpha value is -3.85. The number of carbonyl (C=O) groups is 1. The molecule has 0 bridgehead atoms. The molecule has 0 aliphatic rings. The lowest BCUT2D eigenvalue weighted by Crippen LogP contribution is -2.33. The fourth-order valence-corrected chi connectivity index (χ4v) is 4.13. The van der Waals surface area contributed by atoms with Crippen LogP contribution in [0.25, 0.3) is 21.8 Å². The molecule has 3 aromatic heterocycles. The van der Waals surface area contributed by atoms with E-state index in [1.54, 1.807) is 25.6 Å². The number of thiazole rings is 1. The van der Waals surface area contributed by atoms with Crippen molar-refractivity contribution in [2.75, 3.05) is 7.11 Å². The van der Waals surface area contributed by atoms with Crippen LogP contribution < -0.4 is 15.6 Å². The predicted octanol–water partition coefficient (Wildman–Crippen LogP) is 3.06. The van der Waals surface area contributed by atoms with Crippen LogP contribution >= 0.6 is 11.3 Å². The highest BCUT2D eigenvalue weighted by atomic mass is 32.1. The summed E-state index contributed by atoms with van der Waals surface area (Å²) in [6.07, 6.45) is 3.47. The Balaban J connectivity index is 1.46. The Kier molecular flexibility index (Phi) is 6.37. The molecule has 0 radical (unpaired) electrons. The number of nitrogens with zero attached hydrogens (tertiary/aromatic N) is 4. The van der Waals surface area contributed by atoms with Gasteiger partial charge in [0.2, 0.25) is 5.91 Å². The number of aromatic nitrogens is 4. The van der Waals surface area contributed by atoms with E-state index in [1.807, 2.05) is 43.3 Å². The number of nitrogens with one attached hydrogen (secondary N) is 1. The van der Waals surface area contributed by atoms with E-state index in [2.05, 4.69) is 20.4 Å². The molecule has 1 amide bonds. The highest BCUT2D eigenvalue weighted by molar-refractivity contribution is 7.15. The Morgan fingerprint density at radius 1 is 1.16 bits per heavy atom. The molecule has 162 valence electrons. The maximum absolute atomic E-state index is 12.5. The summed E-state index contributed by atoms with van der Waals surface area (Å²) in [5.74, 6) is 0.326. The Morgan fingerprint density at radius 2 is 2.00 bits per heavy atom. The van der Waals surface area contributed by atoms with Gasteiger partial charge in [-0.3, -0.25) is 14.6 Å². The minimum Gasteiger partial charge on any atom is -0.496 e. The molecule has 0 fully saturated rings. The number of hydrogen-bond acceptors (Lipinski definition) is 7. The van der Waals surface area contributed by atoms with Crippen LogP contribution in [-0.4, -0.2) is 32.8 Å². The van der Waals surface area contributed by atoms with E-state index in [-0.39, 0.29) is 18.0 Å². The van der Waals surface area contributed by atoms with Crippen molar-refractivity contribution < 1.29 is 9.53 Å². The topological polar surface area (TPSA) is 99.0 Å². The van der Waals surface area contributed by atoms with Crippen LogP contribution in [0.1, 0.15) is 10.6 Å². The van der Waals surface area contributed by atoms with E-state index in [9.17, 15) is 9.59 Å². The second-order valence-corrected chi connectivity index (χ2v) is 8.04. The zero-order valence-electron chi connectivity index (χ0n) is 17.6. The molecular weight excluding hydrogens is 426 g/mol. The van der Waals surface area contributed by atoms with Gasteiger partial charge in [-0.2, -0.15) is 5.10 Å². The predicted molar refractivity (Wildman–Crippen MR) is 122 cm³/mol. The summed E-state index contributed by atoms with van der Waals surface area (Å²) in [5, 5.41) is 8.06. The summed E-state index contributed by atoms with van der Waals surface area (Å²) >= 11 is 1.50. The Labute approximate surface area is 188 Å². The minimum atomic E-state index is -0.355. The van der Waals surface area contributed by atoms with E-state index < -0.39 is 0 Å². The summed E-state index contributed by atoms with van der Waals surface area (Å²) in [6.45, 7) is 2.04. The lowest BCUT2D eigenvalue weighted by molar-refractivity contribution is -0.122. The first kappa shape index (κ1) is 21.4. The standard InChI is InChI=1S/C23H21N5O3S/c1-15-20(32-23(26-15)16-6-5-11-24-12-16)13-25-21(29)14-28-22(30)10-9-18(27-28)17-7-3-4-8-19(17)31-2/h3-12H,13-14H2,1-2H3,(H,25,29). The SMILES string of the molecule is COc1ccccc1-c1ccc(=O)n(CC(=O)NCc2sc(-c3cccnc3)nc2C)n1. The zero-order chi connectivity index (χ0) is 22.5. The monoisotopic (exact) mass is 447 g/mol. The Bertz CT molecular complexity index is 1300. The van der Waals surface area contributed by atoms with Crippen molar-refractivity contribution in [2.24, 2.45) is 0 Å². The van der Waals surface area contributed by atoms with Gasteiger partial charge in [0.1, 0.15) is 17.3 Å². The number of benzene rings is 1. The smallest absolute Gasteiger partial charge is 0.267 e. The number of pyridine rings is 1. The van der Waals surface area contributed by atoms with Crippen molar-refractivity contribution in [3.05, 3.63) is 81.8 Å². The van der Waals surface area contributed by atoms with Crippen molar-refractivity contribution in [3.8, 4) is 27.6 Å². The molecule has 3 heterocycles. The molecule has 4 aromatic rings. The zero-order valence-corrected chi connectivity index (χ0v) is 18.4. The van der Waals surface area contributed by atoms with Crippen molar-refractivity contribution >= 4 is 17.2 Å². The van der Waals surface area contributed by atoms with E-state index >= 15 is 0 Å². The number of hydrogen-bond donors (Lipinski definition) is 1. The van der Waals surface area contributed by atoms with Crippen LogP contribution in [0.15, 0.2) is 65.7 Å². The van der Waals surface area contributed by atoms with Crippen molar-refractivity contribution in [1.82, 2.24) is 25.1 Å². The van der Waals surface area contributed by atoms with Crippen molar-refractivity contribution in [3.63, 3.8) is 0 Å². The molecule has 0 aliphatic carbocycles. The van der Waals surface area contributed by atoms with Crippen molar-refractivity contribution in [2.45, 2.75) is 20.0 Å². The van der Waals surface area contributed by atoms with Gasteiger partial charge in [-0.15, -0.1) is 11.3 Å². The average molecular weight is 448 g/mol. The Morgan fingerprint density at radius 3 is 2.78 bits per heavy atom. The van der Waals surface area contributed by atoms with Gasteiger partial charge in [-0.25, -0.2) is 9.67 Å². The number of methoxy groups -OCH3 is 1. The maximum atomic E-state index is 12.5. The third-order valence-corrected chi connectivity index (χ3v) is 6.00. The maximum Gasteiger partial charge on any atom is 0.267 e. The summed E-state index contributed by atoms with van der Waals surface area (Å²) < 4.78 is 6.52. The third kappa shape index (κ3) is 4.73. The van der Waals surface area contributed by atoms with E-state index in [1.165, 1.54) is 17.4 Å². The van der Waals surface area contributed by atoms with Crippen LogP contribution in [0.2, 0.25) is 0 Å². The van der Waals surface area contributed by atoms with Crippen LogP contribution in [0, 0.1) is 6.92 Å². The average Bonchev–Trinajstić information content (AvgIpc) is 3.20. The first-order chi connectivity index (χ1) is 15.5. The molecule has 9 heteroatoms. The summed E-state index contributed by atoms with van der Waals surface area (Å²) in [4.78, 5) is 34.4. The van der Waals surface area contributed by atoms with Crippen LogP contribution in [-0.2, 0) is 17.9 Å². The first-order valence-electron chi connectivity index (χ1n) is 9.90. The molecule has 0 saturated carbocycles.